The highest BCUT2D eigenvalue weighted by molar-refractivity contribution is 6.39. The number of carbonyl (C=O) groups excluding carboxylic acids is 3. The normalized spacial score (nSPS) is 14.7. The Labute approximate surface area is 202 Å². The quantitative estimate of drug-likeness (QED) is 0.321. The molecule has 0 saturated carbocycles. The van der Waals surface area contributed by atoms with Gasteiger partial charge in [-0.25, -0.2) is 14.5 Å². The molecule has 9 heteroatoms. The molecule has 0 aliphatic carbocycles. The molecule has 9 nitrogen and oxygen atoms in total. The molecule has 3 rings (SSSR count). The first-order valence-corrected chi connectivity index (χ1v) is 10.9. The lowest BCUT2D eigenvalue weighted by Crippen LogP contribution is -2.54. The van der Waals surface area contributed by atoms with Gasteiger partial charge in [-0.15, -0.1) is 6.58 Å². The van der Waals surface area contributed by atoms with Gasteiger partial charge in [0.05, 0.1) is 12.3 Å². The largest absolute Gasteiger partial charge is 0.490 e. The summed E-state index contributed by atoms with van der Waals surface area (Å²) in [6, 6.07) is 7.47. The maximum absolute atomic E-state index is 13.3. The lowest BCUT2D eigenvalue weighted by atomic mass is 10.0. The minimum absolute atomic E-state index is 0.239. The molecule has 0 atom stereocenters. The number of urea groups is 1. The van der Waals surface area contributed by atoms with E-state index in [1.165, 1.54) is 12.1 Å². The number of nitrogens with one attached hydrogen (secondary N) is 1. The molecule has 4 amide bonds. The van der Waals surface area contributed by atoms with Crippen LogP contribution >= 0.6 is 0 Å². The Bertz CT molecular complexity index is 1250. The average Bonchev–Trinajstić information content (AvgIpc) is 2.78. The number of amides is 4. The third-order valence-electron chi connectivity index (χ3n) is 5.32. The van der Waals surface area contributed by atoms with Crippen LogP contribution in [-0.2, 0) is 20.8 Å². The number of barbiturate groups is 1. The van der Waals surface area contributed by atoms with Crippen molar-refractivity contribution in [1.82, 2.24) is 5.32 Å². The number of hydrogen-bond donors (Lipinski definition) is 2. The molecule has 1 fully saturated rings. The summed E-state index contributed by atoms with van der Waals surface area (Å²) in [7, 11) is 0. The van der Waals surface area contributed by atoms with Crippen molar-refractivity contribution in [3.8, 4) is 11.5 Å². The fourth-order valence-electron chi connectivity index (χ4n) is 3.56. The Morgan fingerprint density at radius 3 is 2.49 bits per heavy atom. The molecule has 0 spiro atoms. The fourth-order valence-corrected chi connectivity index (χ4v) is 3.56. The van der Waals surface area contributed by atoms with Crippen molar-refractivity contribution in [2.75, 3.05) is 18.1 Å². The van der Waals surface area contributed by atoms with Crippen LogP contribution in [0.15, 0.2) is 48.6 Å². The smallest absolute Gasteiger partial charge is 0.341 e. The molecule has 182 valence electrons. The number of hydrogen-bond acceptors (Lipinski definition) is 6. The number of carboxylic acid groups (broad SMARTS) is 1. The van der Waals surface area contributed by atoms with Crippen LogP contribution in [-0.4, -0.2) is 42.1 Å². The van der Waals surface area contributed by atoms with E-state index in [9.17, 15) is 19.2 Å². The highest BCUT2D eigenvalue weighted by atomic mass is 16.5. The molecule has 0 aromatic heterocycles. The average molecular weight is 479 g/mol. The van der Waals surface area contributed by atoms with E-state index in [1.807, 2.05) is 13.8 Å². The minimum Gasteiger partial charge on any atom is -0.490 e. The number of aryl methyl sites for hydroxylation is 2. The molecule has 1 saturated heterocycles. The SMILES string of the molecule is C=CCc1cc(/C=C2\C(=O)NC(=O)N(c3ccc(C)c(C)c3)C2=O)cc(OCC)c1OCC(=O)O. The molecule has 35 heavy (non-hydrogen) atoms. The maximum atomic E-state index is 13.3. The summed E-state index contributed by atoms with van der Waals surface area (Å²) in [5, 5.41) is 11.2. The number of carbonyl (C=O) groups is 4. The van der Waals surface area contributed by atoms with Crippen LogP contribution in [0.25, 0.3) is 6.08 Å². The van der Waals surface area contributed by atoms with Crippen molar-refractivity contribution < 1.29 is 33.8 Å². The van der Waals surface area contributed by atoms with Gasteiger partial charge in [-0.05, 0) is 74.2 Å². The summed E-state index contributed by atoms with van der Waals surface area (Å²) in [6.45, 7) is 8.93. The molecule has 0 unspecified atom stereocenters. The van der Waals surface area contributed by atoms with Crippen molar-refractivity contribution in [2.45, 2.75) is 27.2 Å². The minimum atomic E-state index is -1.15. The Morgan fingerprint density at radius 1 is 1.11 bits per heavy atom. The van der Waals surface area contributed by atoms with Gasteiger partial charge in [-0.3, -0.25) is 14.9 Å². The number of nitrogens with zero attached hydrogens (tertiary/aromatic N) is 1. The number of benzene rings is 2. The lowest BCUT2D eigenvalue weighted by Gasteiger charge is -2.27. The van der Waals surface area contributed by atoms with E-state index in [4.69, 9.17) is 14.6 Å². The molecular formula is C26H26N2O7. The van der Waals surface area contributed by atoms with Crippen LogP contribution < -0.4 is 19.7 Å². The van der Waals surface area contributed by atoms with Crippen molar-refractivity contribution in [3.05, 3.63) is 70.8 Å². The van der Waals surface area contributed by atoms with Gasteiger partial charge in [-0.1, -0.05) is 12.1 Å². The molecule has 1 heterocycles. The summed E-state index contributed by atoms with van der Waals surface area (Å²) < 4.78 is 11.1. The molecule has 0 bridgehead atoms. The van der Waals surface area contributed by atoms with Crippen LogP contribution in [0.2, 0.25) is 0 Å². The van der Waals surface area contributed by atoms with E-state index in [1.54, 1.807) is 37.3 Å². The number of imide groups is 2. The number of aliphatic carboxylic acids is 1. The van der Waals surface area contributed by atoms with Crippen molar-refractivity contribution in [3.63, 3.8) is 0 Å². The van der Waals surface area contributed by atoms with E-state index in [2.05, 4.69) is 11.9 Å². The first-order chi connectivity index (χ1) is 16.7. The first kappa shape index (κ1) is 25.2. The summed E-state index contributed by atoms with van der Waals surface area (Å²) in [5.74, 6) is -2.25. The second-order valence-electron chi connectivity index (χ2n) is 7.84. The Morgan fingerprint density at radius 2 is 1.86 bits per heavy atom. The second-order valence-corrected chi connectivity index (χ2v) is 7.84. The summed E-state index contributed by atoms with van der Waals surface area (Å²) in [6.07, 6.45) is 3.28. The van der Waals surface area contributed by atoms with Crippen LogP contribution in [0.4, 0.5) is 10.5 Å². The second kappa shape index (κ2) is 10.7. The van der Waals surface area contributed by atoms with Crippen molar-refractivity contribution in [1.29, 1.82) is 0 Å². The summed E-state index contributed by atoms with van der Waals surface area (Å²) in [4.78, 5) is 50.3. The number of carboxylic acids is 1. The third kappa shape index (κ3) is 5.57. The predicted molar refractivity (Wildman–Crippen MR) is 130 cm³/mol. The Kier molecular flexibility index (Phi) is 7.70. The monoisotopic (exact) mass is 478 g/mol. The van der Waals surface area contributed by atoms with E-state index in [0.717, 1.165) is 16.0 Å². The molecule has 2 aromatic carbocycles. The van der Waals surface area contributed by atoms with Crippen LogP contribution in [0.1, 0.15) is 29.2 Å². The van der Waals surface area contributed by atoms with Crippen LogP contribution in [0, 0.1) is 13.8 Å². The number of rotatable bonds is 9. The van der Waals surface area contributed by atoms with Gasteiger partial charge in [0.25, 0.3) is 11.8 Å². The van der Waals surface area contributed by atoms with E-state index < -0.39 is 30.4 Å². The summed E-state index contributed by atoms with van der Waals surface area (Å²) >= 11 is 0. The van der Waals surface area contributed by atoms with Crippen LogP contribution in [0.3, 0.4) is 0 Å². The van der Waals surface area contributed by atoms with E-state index in [0.29, 0.717) is 23.2 Å². The third-order valence-corrected chi connectivity index (χ3v) is 5.32. The van der Waals surface area contributed by atoms with Gasteiger partial charge < -0.3 is 14.6 Å². The summed E-state index contributed by atoms with van der Waals surface area (Å²) in [5.41, 5.74) is 2.97. The van der Waals surface area contributed by atoms with E-state index in [-0.39, 0.29) is 23.7 Å². The molecular weight excluding hydrogens is 452 g/mol. The number of allylic oxidation sites excluding steroid dienone is 1. The highest BCUT2D eigenvalue weighted by Gasteiger charge is 2.37. The predicted octanol–water partition coefficient (Wildman–Crippen LogP) is 3.56. The topological polar surface area (TPSA) is 122 Å². The number of anilines is 1. The van der Waals surface area contributed by atoms with Gasteiger partial charge in [0.2, 0.25) is 0 Å². The van der Waals surface area contributed by atoms with E-state index >= 15 is 0 Å². The molecule has 1 aliphatic rings. The van der Waals surface area contributed by atoms with Gasteiger partial charge in [-0.2, -0.15) is 0 Å². The zero-order chi connectivity index (χ0) is 25.7. The molecule has 2 N–H and O–H groups in total. The molecule has 0 radical (unpaired) electrons. The molecule has 2 aromatic rings. The Hall–Kier alpha value is -4.40. The lowest BCUT2D eigenvalue weighted by molar-refractivity contribution is -0.139. The van der Waals surface area contributed by atoms with Crippen molar-refractivity contribution in [2.24, 2.45) is 0 Å². The zero-order valence-corrected chi connectivity index (χ0v) is 19.7. The van der Waals surface area contributed by atoms with Gasteiger partial charge in [0.1, 0.15) is 5.57 Å². The Balaban J connectivity index is 2.08. The standard InChI is InChI=1S/C26H26N2O7/c1-5-7-18-11-17(13-21(34-6-2)23(18)35-14-22(29)30)12-20-24(31)27-26(33)28(25(20)32)19-9-8-15(3)16(4)10-19/h5,8-13H,1,6-7,14H2,2-4H3,(H,29,30)(H,27,31,33)/b20-12+. The van der Waals surface area contributed by atoms with Crippen LogP contribution in [0.5, 0.6) is 11.5 Å². The molecule has 1 aliphatic heterocycles. The van der Waals surface area contributed by atoms with Gasteiger partial charge >= 0.3 is 12.0 Å². The first-order valence-electron chi connectivity index (χ1n) is 10.9. The van der Waals surface area contributed by atoms with Gasteiger partial charge in [0.15, 0.2) is 18.1 Å². The number of ether oxygens (including phenoxy) is 2. The van der Waals surface area contributed by atoms with Gasteiger partial charge in [0, 0.05) is 5.56 Å². The maximum Gasteiger partial charge on any atom is 0.341 e. The van der Waals surface area contributed by atoms with Crippen molar-refractivity contribution >= 4 is 35.6 Å². The fraction of sp³-hybridized carbons (Fsp3) is 0.231. The zero-order valence-electron chi connectivity index (χ0n) is 19.7. The highest BCUT2D eigenvalue weighted by Crippen LogP contribution is 2.35.